The first-order valence-corrected chi connectivity index (χ1v) is 8.22. The molecule has 0 fully saturated rings. The Balaban J connectivity index is 0.000000403. The Morgan fingerprint density at radius 2 is 1.00 bits per heavy atom. The summed E-state index contributed by atoms with van der Waals surface area (Å²) in [5, 5.41) is 23.1. The zero-order valence-electron chi connectivity index (χ0n) is 11.8. The summed E-state index contributed by atoms with van der Waals surface area (Å²) in [5.74, 6) is -2.10. The van der Waals surface area contributed by atoms with E-state index in [1.54, 1.807) is 59.4 Å². The van der Waals surface area contributed by atoms with Gasteiger partial charge in [0, 0.05) is 0 Å². The normalized spacial score (nSPS) is 21.7. The fourth-order valence-electron chi connectivity index (χ4n) is 1.30. The van der Waals surface area contributed by atoms with Crippen LogP contribution in [0.5, 0.6) is 0 Å². The van der Waals surface area contributed by atoms with Gasteiger partial charge in [0.15, 0.2) is 0 Å². The van der Waals surface area contributed by atoms with E-state index < -0.39 is 22.4 Å². The molecule has 0 spiro atoms. The molecule has 1 radical (unpaired) electrons. The Morgan fingerprint density at radius 3 is 1.35 bits per heavy atom. The van der Waals surface area contributed by atoms with Crippen LogP contribution in [0.2, 0.25) is 0 Å². The molecule has 2 aliphatic rings. The largest absolute Gasteiger partial charge is 2.00 e. The van der Waals surface area contributed by atoms with Gasteiger partial charge in [-0.25, -0.2) is 0 Å². The summed E-state index contributed by atoms with van der Waals surface area (Å²) in [7, 11) is 0. The van der Waals surface area contributed by atoms with E-state index in [0.717, 1.165) is 0 Å². The second-order valence-corrected chi connectivity index (χ2v) is 6.05. The van der Waals surface area contributed by atoms with Crippen LogP contribution in [0.15, 0.2) is 71.6 Å². The molecule has 2 unspecified atom stereocenters. The number of hydrogen-bond donors (Lipinski definition) is 0. The minimum absolute atomic E-state index is 0. The fraction of sp³-hybridized carbons (Fsp3) is 0.125. The molecule has 0 aromatic rings. The van der Waals surface area contributed by atoms with Gasteiger partial charge in [0.2, 0.25) is 0 Å². The van der Waals surface area contributed by atoms with E-state index >= 15 is 0 Å². The third kappa shape index (κ3) is 10.1. The van der Waals surface area contributed by atoms with Crippen LogP contribution < -0.4 is 10.2 Å². The van der Waals surface area contributed by atoms with Crippen LogP contribution in [0.3, 0.4) is 0 Å². The molecule has 0 saturated carbocycles. The Morgan fingerprint density at radius 1 is 0.652 bits per heavy atom. The number of aliphatic carboxylic acids is 2. The van der Waals surface area contributed by atoms with E-state index in [4.69, 9.17) is 0 Å². The van der Waals surface area contributed by atoms with Crippen molar-refractivity contribution in [2.75, 3.05) is 0 Å². The molecule has 0 aromatic heterocycles. The van der Waals surface area contributed by atoms with E-state index in [2.05, 4.69) is 0 Å². The van der Waals surface area contributed by atoms with E-state index in [0.29, 0.717) is 0 Å². The molecule has 2 aliphatic heterocycles. The van der Waals surface area contributed by atoms with Crippen LogP contribution in [-0.4, -0.2) is 22.4 Å². The van der Waals surface area contributed by atoms with Crippen LogP contribution in [0.1, 0.15) is 0 Å². The molecule has 2 rings (SSSR count). The Hall–Kier alpha value is -1.40. The van der Waals surface area contributed by atoms with Gasteiger partial charge in [-0.05, 0) is 10.8 Å². The number of thioether (sulfide) groups is 2. The number of hydrogen-bond acceptors (Lipinski definition) is 6. The summed E-state index contributed by atoms with van der Waals surface area (Å²) in [6, 6.07) is 0. The summed E-state index contributed by atoms with van der Waals surface area (Å²) in [4.78, 5) is 20.8. The van der Waals surface area contributed by atoms with Gasteiger partial charge in [-0.1, -0.05) is 60.8 Å². The first kappa shape index (κ1) is 21.6. The van der Waals surface area contributed by atoms with Crippen molar-refractivity contribution >= 4 is 35.5 Å². The molecule has 0 aliphatic carbocycles. The van der Waals surface area contributed by atoms with Crippen LogP contribution in [-0.2, 0) is 26.7 Å². The zero-order chi connectivity index (χ0) is 16.2. The summed E-state index contributed by atoms with van der Waals surface area (Å²) in [5.41, 5.74) is 0. The van der Waals surface area contributed by atoms with Crippen molar-refractivity contribution in [3.63, 3.8) is 0 Å². The van der Waals surface area contributed by atoms with E-state index in [1.807, 2.05) is 12.2 Å². The minimum atomic E-state index is -1.05. The summed E-state index contributed by atoms with van der Waals surface area (Å²) < 4.78 is 0. The first-order chi connectivity index (χ1) is 10.6. The zero-order valence-corrected chi connectivity index (χ0v) is 14.4. The molecule has 0 saturated heterocycles. The molecule has 2 atom stereocenters. The van der Waals surface area contributed by atoms with E-state index in [-0.39, 0.29) is 17.1 Å². The number of allylic oxidation sites excluding steroid dienone is 8. The van der Waals surface area contributed by atoms with Crippen molar-refractivity contribution in [2.45, 2.75) is 10.5 Å². The van der Waals surface area contributed by atoms with E-state index in [9.17, 15) is 19.8 Å². The maximum Gasteiger partial charge on any atom is 2.00 e. The van der Waals surface area contributed by atoms with Crippen LogP contribution in [0.4, 0.5) is 0 Å². The maximum atomic E-state index is 10.4. The molecular formula is C16H14CuO4S2. The Bertz CT molecular complexity index is 512. The number of carboxylic acids is 2. The predicted octanol–water partition coefficient (Wildman–Crippen LogP) is 0.953. The summed E-state index contributed by atoms with van der Waals surface area (Å²) >= 11 is 2.45. The summed E-state index contributed by atoms with van der Waals surface area (Å²) in [6.07, 6.45) is 17.4. The van der Waals surface area contributed by atoms with Crippen molar-refractivity contribution in [3.05, 3.63) is 71.6 Å². The predicted molar refractivity (Wildman–Crippen MR) is 87.6 cm³/mol. The molecule has 2 heterocycles. The quantitative estimate of drug-likeness (QED) is 0.645. The van der Waals surface area contributed by atoms with Crippen molar-refractivity contribution in [1.29, 1.82) is 0 Å². The first-order valence-electron chi connectivity index (χ1n) is 6.34. The van der Waals surface area contributed by atoms with Crippen molar-refractivity contribution < 1.29 is 36.9 Å². The monoisotopic (exact) mass is 397 g/mol. The molecule has 23 heavy (non-hydrogen) atoms. The molecule has 0 bridgehead atoms. The van der Waals surface area contributed by atoms with Crippen LogP contribution in [0, 0.1) is 0 Å². The molecule has 7 heteroatoms. The maximum absolute atomic E-state index is 10.4. The van der Waals surface area contributed by atoms with Gasteiger partial charge in [-0.15, -0.1) is 23.5 Å². The van der Waals surface area contributed by atoms with Gasteiger partial charge < -0.3 is 19.8 Å². The van der Waals surface area contributed by atoms with E-state index in [1.165, 1.54) is 23.5 Å². The van der Waals surface area contributed by atoms with Gasteiger partial charge in [0.1, 0.15) is 0 Å². The average Bonchev–Trinajstić information content (AvgIpc) is 2.37. The number of carbonyl (C=O) groups is 2. The number of rotatable bonds is 2. The molecular weight excluding hydrogens is 384 g/mol. The second-order valence-electron chi connectivity index (χ2n) is 3.95. The molecule has 0 aromatic carbocycles. The van der Waals surface area contributed by atoms with Gasteiger partial charge in [0.25, 0.3) is 0 Å². The SMILES string of the molecule is O=C([O-])C1C=CC=CC=CS1.O=C([O-])C1C=CC=CC=CS1.[Cu+2]. The smallest absolute Gasteiger partial charge is 0.549 e. The third-order valence-electron chi connectivity index (χ3n) is 2.31. The molecule has 0 amide bonds. The number of carbonyl (C=O) groups excluding carboxylic acids is 2. The fourth-order valence-corrected chi connectivity index (χ4v) is 2.58. The number of carboxylic acid groups (broad SMARTS) is 2. The molecule has 125 valence electrons. The van der Waals surface area contributed by atoms with Crippen LogP contribution >= 0.6 is 23.5 Å². The van der Waals surface area contributed by atoms with Gasteiger partial charge >= 0.3 is 17.1 Å². The molecule has 4 nitrogen and oxygen atoms in total. The average molecular weight is 398 g/mol. The topological polar surface area (TPSA) is 80.3 Å². The van der Waals surface area contributed by atoms with Crippen molar-refractivity contribution in [2.24, 2.45) is 0 Å². The van der Waals surface area contributed by atoms with Crippen molar-refractivity contribution in [1.82, 2.24) is 0 Å². The minimum Gasteiger partial charge on any atom is -0.549 e. The Labute approximate surface area is 154 Å². The van der Waals surface area contributed by atoms with Gasteiger partial charge in [0.05, 0.1) is 22.4 Å². The Kier molecular flexibility index (Phi) is 12.3. The summed E-state index contributed by atoms with van der Waals surface area (Å²) in [6.45, 7) is 0. The molecule has 0 N–H and O–H groups in total. The van der Waals surface area contributed by atoms with Gasteiger partial charge in [-0.2, -0.15) is 0 Å². The van der Waals surface area contributed by atoms with Crippen LogP contribution in [0.25, 0.3) is 0 Å². The van der Waals surface area contributed by atoms with Gasteiger partial charge in [-0.3, -0.25) is 0 Å². The standard InChI is InChI=1S/2C8H8O2S.Cu/c2*9-8(10)7-5-3-1-2-4-6-11-7;/h2*1-7H,(H,9,10);/q;;+2/p-2. The third-order valence-corrected chi connectivity index (χ3v) is 4.22. The second kappa shape index (κ2) is 13.1. The van der Waals surface area contributed by atoms with Crippen molar-refractivity contribution in [3.8, 4) is 0 Å².